The average Bonchev–Trinajstić information content (AvgIpc) is 2.85. The lowest BCUT2D eigenvalue weighted by atomic mass is 10.3. The van der Waals surface area contributed by atoms with Crippen LogP contribution in [-0.4, -0.2) is 41.9 Å². The van der Waals surface area contributed by atoms with E-state index in [9.17, 15) is 4.79 Å². The monoisotopic (exact) mass is 291 g/mol. The van der Waals surface area contributed by atoms with Gasteiger partial charge < -0.3 is 14.8 Å². The van der Waals surface area contributed by atoms with Gasteiger partial charge in [0.25, 0.3) is 0 Å². The number of hydrogen-bond acceptors (Lipinski definition) is 5. The van der Waals surface area contributed by atoms with Crippen LogP contribution in [0.2, 0.25) is 0 Å². The molecule has 18 heavy (non-hydrogen) atoms. The van der Waals surface area contributed by atoms with Crippen molar-refractivity contribution in [3.8, 4) is 0 Å². The second-order valence-electron chi connectivity index (χ2n) is 4.07. The SMILES string of the molecule is CCOC(=O)CCCNC(=S)SCC1CCCO1. The topological polar surface area (TPSA) is 47.6 Å². The Morgan fingerprint density at radius 3 is 3.11 bits per heavy atom. The molecule has 0 amide bonds. The maximum atomic E-state index is 11.1. The van der Waals surface area contributed by atoms with E-state index in [0.717, 1.165) is 42.5 Å². The summed E-state index contributed by atoms with van der Waals surface area (Å²) in [6.07, 6.45) is 3.84. The van der Waals surface area contributed by atoms with Crippen LogP contribution in [-0.2, 0) is 14.3 Å². The van der Waals surface area contributed by atoms with Gasteiger partial charge in [0.2, 0.25) is 0 Å². The van der Waals surface area contributed by atoms with Crippen molar-refractivity contribution >= 4 is 34.3 Å². The fourth-order valence-corrected chi connectivity index (χ4v) is 2.76. The van der Waals surface area contributed by atoms with Crippen molar-refractivity contribution in [1.82, 2.24) is 5.32 Å². The lowest BCUT2D eigenvalue weighted by Gasteiger charge is -2.10. The molecule has 1 atom stereocenters. The molecule has 1 heterocycles. The molecule has 1 aliphatic heterocycles. The quantitative estimate of drug-likeness (QED) is 0.440. The van der Waals surface area contributed by atoms with Crippen LogP contribution in [0.5, 0.6) is 0 Å². The van der Waals surface area contributed by atoms with Crippen LogP contribution in [0.3, 0.4) is 0 Å². The molecule has 1 fully saturated rings. The number of thioether (sulfide) groups is 1. The van der Waals surface area contributed by atoms with Crippen LogP contribution in [0.4, 0.5) is 0 Å². The van der Waals surface area contributed by atoms with Crippen LogP contribution in [0, 0.1) is 0 Å². The third-order valence-corrected chi connectivity index (χ3v) is 4.00. The first-order valence-electron chi connectivity index (χ1n) is 6.40. The summed E-state index contributed by atoms with van der Waals surface area (Å²) < 4.78 is 11.1. The fourth-order valence-electron chi connectivity index (χ4n) is 1.65. The fraction of sp³-hybridized carbons (Fsp3) is 0.833. The molecule has 0 aromatic heterocycles. The largest absolute Gasteiger partial charge is 0.466 e. The highest BCUT2D eigenvalue weighted by atomic mass is 32.2. The molecule has 1 unspecified atom stereocenters. The smallest absolute Gasteiger partial charge is 0.305 e. The summed E-state index contributed by atoms with van der Waals surface area (Å²) in [5, 5.41) is 3.14. The molecule has 0 spiro atoms. The number of thiocarbonyl (C=S) groups is 1. The molecule has 1 N–H and O–H groups in total. The van der Waals surface area contributed by atoms with Gasteiger partial charge >= 0.3 is 5.97 Å². The highest BCUT2D eigenvalue weighted by Crippen LogP contribution is 2.17. The molecule has 0 aromatic rings. The lowest BCUT2D eigenvalue weighted by Crippen LogP contribution is -2.22. The Morgan fingerprint density at radius 2 is 2.44 bits per heavy atom. The van der Waals surface area contributed by atoms with E-state index < -0.39 is 0 Å². The van der Waals surface area contributed by atoms with Gasteiger partial charge in [0.1, 0.15) is 4.32 Å². The summed E-state index contributed by atoms with van der Waals surface area (Å²) in [6.45, 7) is 3.86. The first kappa shape index (κ1) is 15.7. The van der Waals surface area contributed by atoms with Crippen molar-refractivity contribution in [3.05, 3.63) is 0 Å². The van der Waals surface area contributed by atoms with Gasteiger partial charge in [-0.2, -0.15) is 0 Å². The van der Waals surface area contributed by atoms with Crippen molar-refractivity contribution in [3.63, 3.8) is 0 Å². The van der Waals surface area contributed by atoms with E-state index in [0.29, 0.717) is 19.1 Å². The molecule has 0 radical (unpaired) electrons. The van der Waals surface area contributed by atoms with Crippen molar-refractivity contribution in [2.75, 3.05) is 25.5 Å². The van der Waals surface area contributed by atoms with Crippen molar-refractivity contribution in [1.29, 1.82) is 0 Å². The van der Waals surface area contributed by atoms with E-state index in [1.807, 2.05) is 6.92 Å². The molecule has 1 saturated heterocycles. The van der Waals surface area contributed by atoms with E-state index in [1.165, 1.54) is 0 Å². The second-order valence-corrected chi connectivity index (χ2v) is 5.77. The summed E-state index contributed by atoms with van der Waals surface area (Å²) in [5.74, 6) is 0.779. The molecule has 1 aliphatic rings. The van der Waals surface area contributed by atoms with Gasteiger partial charge in [-0.05, 0) is 26.2 Å². The maximum absolute atomic E-state index is 11.1. The van der Waals surface area contributed by atoms with Gasteiger partial charge in [-0.15, -0.1) is 0 Å². The van der Waals surface area contributed by atoms with Crippen LogP contribution in [0.1, 0.15) is 32.6 Å². The minimum absolute atomic E-state index is 0.141. The van der Waals surface area contributed by atoms with E-state index in [-0.39, 0.29) is 5.97 Å². The van der Waals surface area contributed by atoms with Crippen LogP contribution < -0.4 is 5.32 Å². The molecule has 4 nitrogen and oxygen atoms in total. The number of hydrogen-bond donors (Lipinski definition) is 1. The van der Waals surface area contributed by atoms with Crippen LogP contribution in [0.15, 0.2) is 0 Å². The molecule has 104 valence electrons. The first-order valence-corrected chi connectivity index (χ1v) is 7.79. The van der Waals surface area contributed by atoms with E-state index >= 15 is 0 Å². The van der Waals surface area contributed by atoms with Crippen molar-refractivity contribution < 1.29 is 14.3 Å². The molecule has 1 rings (SSSR count). The molecule has 0 bridgehead atoms. The Bertz CT molecular complexity index is 268. The number of carbonyl (C=O) groups excluding carboxylic acids is 1. The minimum Gasteiger partial charge on any atom is -0.466 e. The first-order chi connectivity index (χ1) is 8.72. The Labute approximate surface area is 118 Å². The molecule has 0 saturated carbocycles. The van der Waals surface area contributed by atoms with E-state index in [2.05, 4.69) is 5.32 Å². The van der Waals surface area contributed by atoms with Gasteiger partial charge in [-0.25, -0.2) is 0 Å². The zero-order valence-corrected chi connectivity index (χ0v) is 12.4. The lowest BCUT2D eigenvalue weighted by molar-refractivity contribution is -0.143. The highest BCUT2D eigenvalue weighted by Gasteiger charge is 2.15. The predicted octanol–water partition coefficient (Wildman–Crippen LogP) is 2.12. The minimum atomic E-state index is -0.141. The number of carbonyl (C=O) groups is 1. The normalized spacial score (nSPS) is 18.6. The Balaban J connectivity index is 1.94. The van der Waals surface area contributed by atoms with E-state index in [1.54, 1.807) is 11.8 Å². The zero-order chi connectivity index (χ0) is 13.2. The van der Waals surface area contributed by atoms with Crippen molar-refractivity contribution in [2.24, 2.45) is 0 Å². The molecule has 6 heteroatoms. The third-order valence-electron chi connectivity index (χ3n) is 2.56. The Morgan fingerprint density at radius 1 is 1.61 bits per heavy atom. The Hall–Kier alpha value is -0.330. The zero-order valence-electron chi connectivity index (χ0n) is 10.8. The number of esters is 1. The summed E-state index contributed by atoms with van der Waals surface area (Å²) in [4.78, 5) is 11.1. The predicted molar refractivity (Wildman–Crippen MR) is 77.9 cm³/mol. The number of ether oxygens (including phenoxy) is 2. The summed E-state index contributed by atoms with van der Waals surface area (Å²) in [6, 6.07) is 0. The summed E-state index contributed by atoms with van der Waals surface area (Å²) in [7, 11) is 0. The Kier molecular flexibility index (Phi) is 8.37. The average molecular weight is 291 g/mol. The molecular weight excluding hydrogens is 270 g/mol. The summed E-state index contributed by atoms with van der Waals surface area (Å²) in [5.41, 5.74) is 0. The van der Waals surface area contributed by atoms with Gasteiger partial charge in [0.05, 0.1) is 12.7 Å². The molecule has 0 aromatic carbocycles. The maximum Gasteiger partial charge on any atom is 0.305 e. The van der Waals surface area contributed by atoms with Crippen LogP contribution >= 0.6 is 24.0 Å². The van der Waals surface area contributed by atoms with Crippen molar-refractivity contribution in [2.45, 2.75) is 38.7 Å². The van der Waals surface area contributed by atoms with Gasteiger partial charge in [0.15, 0.2) is 0 Å². The highest BCUT2D eigenvalue weighted by molar-refractivity contribution is 8.23. The third kappa shape index (κ3) is 7.18. The summed E-state index contributed by atoms with van der Waals surface area (Å²) >= 11 is 6.82. The van der Waals surface area contributed by atoms with E-state index in [4.69, 9.17) is 21.7 Å². The molecular formula is C12H21NO3S2. The van der Waals surface area contributed by atoms with Gasteiger partial charge in [-0.1, -0.05) is 24.0 Å². The molecule has 0 aliphatic carbocycles. The van der Waals surface area contributed by atoms with Gasteiger partial charge in [0, 0.05) is 25.3 Å². The number of rotatable bonds is 7. The second kappa shape index (κ2) is 9.58. The number of nitrogens with one attached hydrogen (secondary N) is 1. The van der Waals surface area contributed by atoms with Crippen LogP contribution in [0.25, 0.3) is 0 Å². The van der Waals surface area contributed by atoms with Gasteiger partial charge in [-0.3, -0.25) is 4.79 Å². The standard InChI is InChI=1S/C12H21NO3S2/c1-2-15-11(14)6-3-7-13-12(17)18-9-10-5-4-8-16-10/h10H,2-9H2,1H3,(H,13,17).